The number of hydrogen-bond acceptors (Lipinski definition) is 6. The fraction of sp³-hybridized carbons (Fsp3) is 0.400. The third kappa shape index (κ3) is 5.26. The molecule has 0 saturated carbocycles. The molecule has 2 N–H and O–H groups in total. The van der Waals surface area contributed by atoms with Crippen molar-refractivity contribution in [2.24, 2.45) is 5.10 Å². The van der Waals surface area contributed by atoms with Crippen LogP contribution in [0, 0.1) is 0 Å². The van der Waals surface area contributed by atoms with E-state index in [2.05, 4.69) is 20.6 Å². The van der Waals surface area contributed by atoms with Crippen LogP contribution >= 0.6 is 0 Å². The van der Waals surface area contributed by atoms with Gasteiger partial charge in [0, 0.05) is 24.6 Å². The van der Waals surface area contributed by atoms with Gasteiger partial charge in [-0.05, 0) is 19.1 Å². The van der Waals surface area contributed by atoms with Gasteiger partial charge < -0.3 is 19.5 Å². The lowest BCUT2D eigenvalue weighted by Crippen LogP contribution is -2.24. The van der Waals surface area contributed by atoms with E-state index >= 15 is 0 Å². The van der Waals surface area contributed by atoms with Gasteiger partial charge in [-0.1, -0.05) is 0 Å². The average Bonchev–Trinajstić information content (AvgIpc) is 2.53. The average molecular weight is 321 g/mol. The zero-order valence-corrected chi connectivity index (χ0v) is 13.0. The van der Waals surface area contributed by atoms with Gasteiger partial charge in [0.05, 0.1) is 6.42 Å². The van der Waals surface area contributed by atoms with Gasteiger partial charge in [-0.25, -0.2) is 5.43 Å². The minimum atomic E-state index is -0.376. The lowest BCUT2D eigenvalue weighted by molar-refractivity contribution is -0.124. The first kappa shape index (κ1) is 16.8. The van der Waals surface area contributed by atoms with E-state index in [0.717, 1.165) is 0 Å². The van der Waals surface area contributed by atoms with Crippen LogP contribution in [0.5, 0.6) is 11.5 Å². The van der Waals surface area contributed by atoms with Crippen LogP contribution in [0.3, 0.4) is 0 Å². The van der Waals surface area contributed by atoms with Crippen LogP contribution in [0.4, 0.5) is 5.69 Å². The van der Waals surface area contributed by atoms with E-state index in [9.17, 15) is 9.59 Å². The first-order chi connectivity index (χ1) is 11.1. The number of hydrazone groups is 1. The largest absolute Gasteiger partial charge is 0.486 e. The number of rotatable bonds is 6. The Morgan fingerprint density at radius 2 is 1.96 bits per heavy atom. The lowest BCUT2D eigenvalue weighted by Gasteiger charge is -2.19. The minimum Gasteiger partial charge on any atom is -0.486 e. The Bertz CT molecular complexity index is 615. The summed E-state index contributed by atoms with van der Waals surface area (Å²) in [5.74, 6) is 0.641. The van der Waals surface area contributed by atoms with E-state index in [1.807, 2.05) is 0 Å². The maximum atomic E-state index is 12.0. The number of fused-ring (bicyclic) bond motifs is 1. The van der Waals surface area contributed by atoms with Crippen LogP contribution < -0.4 is 20.2 Å². The summed E-state index contributed by atoms with van der Waals surface area (Å²) in [6.07, 6.45) is 0.0572. The fourth-order valence-corrected chi connectivity index (χ4v) is 1.92. The standard InChI is InChI=1S/C15H19N3O5/c1-10(17-18-15(20)9-21-2)7-14(19)16-11-3-4-12-13(8-11)23-6-5-22-12/h3-4,8H,5-7,9H2,1-2H3,(H,16,19)(H,18,20)/b17-10+. The SMILES string of the molecule is COCC(=O)N/N=C(\C)CC(=O)Nc1ccc2c(c1)OCCO2. The number of nitrogens with one attached hydrogen (secondary N) is 2. The molecule has 1 aromatic carbocycles. The van der Waals surface area contributed by atoms with Crippen molar-refractivity contribution in [2.75, 3.05) is 32.2 Å². The molecule has 0 radical (unpaired) electrons. The number of benzene rings is 1. The Hall–Kier alpha value is -2.61. The third-order valence-electron chi connectivity index (χ3n) is 2.89. The quantitative estimate of drug-likeness (QED) is 0.600. The number of amides is 2. The molecular weight excluding hydrogens is 302 g/mol. The molecule has 0 aliphatic carbocycles. The normalized spacial score (nSPS) is 13.4. The van der Waals surface area contributed by atoms with E-state index in [0.29, 0.717) is 36.1 Å². The van der Waals surface area contributed by atoms with Crippen LogP contribution in [0.15, 0.2) is 23.3 Å². The number of nitrogens with zero attached hydrogens (tertiary/aromatic N) is 1. The smallest absolute Gasteiger partial charge is 0.266 e. The second kappa shape index (κ2) is 8.14. The first-order valence-corrected chi connectivity index (χ1v) is 7.09. The molecule has 124 valence electrons. The predicted octanol–water partition coefficient (Wildman–Crippen LogP) is 0.925. The predicted molar refractivity (Wildman–Crippen MR) is 83.8 cm³/mol. The second-order valence-electron chi connectivity index (χ2n) is 4.90. The Morgan fingerprint density at radius 3 is 2.70 bits per heavy atom. The van der Waals surface area contributed by atoms with Gasteiger partial charge in [0.15, 0.2) is 11.5 Å². The zero-order chi connectivity index (χ0) is 16.7. The lowest BCUT2D eigenvalue weighted by atomic mass is 10.2. The molecule has 1 aliphatic heterocycles. The summed E-state index contributed by atoms with van der Waals surface area (Å²) in [5, 5.41) is 6.57. The molecule has 0 aromatic heterocycles. The van der Waals surface area contributed by atoms with E-state index in [4.69, 9.17) is 9.47 Å². The summed E-state index contributed by atoms with van der Waals surface area (Å²) in [4.78, 5) is 23.2. The number of carbonyl (C=O) groups is 2. The van der Waals surface area contributed by atoms with Crippen molar-refractivity contribution in [3.63, 3.8) is 0 Å². The van der Waals surface area contributed by atoms with Crippen LogP contribution in [0.2, 0.25) is 0 Å². The fourth-order valence-electron chi connectivity index (χ4n) is 1.92. The maximum Gasteiger partial charge on any atom is 0.266 e. The van der Waals surface area contributed by atoms with Crippen molar-refractivity contribution in [1.82, 2.24) is 5.43 Å². The van der Waals surface area contributed by atoms with Crippen LogP contribution in [-0.4, -0.2) is 44.5 Å². The molecule has 2 amide bonds. The zero-order valence-electron chi connectivity index (χ0n) is 13.0. The molecule has 8 nitrogen and oxygen atoms in total. The Labute approximate surface area is 133 Å². The maximum absolute atomic E-state index is 12.0. The van der Waals surface area contributed by atoms with Gasteiger partial charge >= 0.3 is 0 Å². The molecule has 0 fully saturated rings. The van der Waals surface area contributed by atoms with Crippen LogP contribution in [0.25, 0.3) is 0 Å². The van der Waals surface area contributed by atoms with Crippen LogP contribution in [0.1, 0.15) is 13.3 Å². The van der Waals surface area contributed by atoms with E-state index in [1.54, 1.807) is 25.1 Å². The molecule has 1 aliphatic rings. The number of methoxy groups -OCH3 is 1. The van der Waals surface area contributed by atoms with Crippen molar-refractivity contribution in [3.05, 3.63) is 18.2 Å². The Balaban J connectivity index is 1.87. The summed E-state index contributed by atoms with van der Waals surface area (Å²) in [6.45, 7) is 2.57. The Kier molecular flexibility index (Phi) is 5.93. The molecule has 0 unspecified atom stereocenters. The van der Waals surface area contributed by atoms with Gasteiger partial charge in [-0.3, -0.25) is 9.59 Å². The number of ether oxygens (including phenoxy) is 3. The number of hydrogen-bond donors (Lipinski definition) is 2. The minimum absolute atomic E-state index is 0.0572. The number of carbonyl (C=O) groups excluding carboxylic acids is 2. The third-order valence-corrected chi connectivity index (χ3v) is 2.89. The van der Waals surface area contributed by atoms with Gasteiger partial charge in [-0.2, -0.15) is 5.10 Å². The van der Waals surface area contributed by atoms with E-state index in [1.165, 1.54) is 7.11 Å². The van der Waals surface area contributed by atoms with Crippen molar-refractivity contribution in [2.45, 2.75) is 13.3 Å². The molecule has 23 heavy (non-hydrogen) atoms. The van der Waals surface area contributed by atoms with Gasteiger partial charge in [-0.15, -0.1) is 0 Å². The molecule has 1 heterocycles. The highest BCUT2D eigenvalue weighted by Crippen LogP contribution is 2.32. The molecule has 8 heteroatoms. The van der Waals surface area contributed by atoms with Crippen LogP contribution in [-0.2, 0) is 14.3 Å². The van der Waals surface area contributed by atoms with Crippen molar-refractivity contribution in [3.8, 4) is 11.5 Å². The second-order valence-corrected chi connectivity index (χ2v) is 4.90. The highest BCUT2D eigenvalue weighted by atomic mass is 16.6. The molecule has 0 spiro atoms. The summed E-state index contributed by atoms with van der Waals surface area (Å²) >= 11 is 0. The topological polar surface area (TPSA) is 98.2 Å². The highest BCUT2D eigenvalue weighted by Gasteiger charge is 2.13. The van der Waals surface area contributed by atoms with Crippen molar-refractivity contribution in [1.29, 1.82) is 0 Å². The first-order valence-electron chi connectivity index (χ1n) is 7.09. The summed E-state index contributed by atoms with van der Waals surface area (Å²) < 4.78 is 15.5. The highest BCUT2D eigenvalue weighted by molar-refractivity contribution is 6.05. The van der Waals surface area contributed by atoms with E-state index < -0.39 is 0 Å². The molecule has 0 saturated heterocycles. The Morgan fingerprint density at radius 1 is 1.22 bits per heavy atom. The van der Waals surface area contributed by atoms with Gasteiger partial charge in [0.2, 0.25) is 5.91 Å². The molecule has 1 aromatic rings. The van der Waals surface area contributed by atoms with Crippen molar-refractivity contribution >= 4 is 23.2 Å². The van der Waals surface area contributed by atoms with Gasteiger partial charge in [0.25, 0.3) is 5.91 Å². The molecule has 2 rings (SSSR count). The summed E-state index contributed by atoms with van der Waals surface area (Å²) in [6, 6.07) is 5.19. The molecule has 0 bridgehead atoms. The van der Waals surface area contributed by atoms with Gasteiger partial charge in [0.1, 0.15) is 19.8 Å². The number of anilines is 1. The van der Waals surface area contributed by atoms with Crippen molar-refractivity contribution < 1.29 is 23.8 Å². The monoisotopic (exact) mass is 321 g/mol. The molecule has 0 atom stereocenters. The molecular formula is C15H19N3O5. The van der Waals surface area contributed by atoms with E-state index in [-0.39, 0.29) is 24.8 Å². The summed E-state index contributed by atoms with van der Waals surface area (Å²) in [5.41, 5.74) is 3.38. The summed E-state index contributed by atoms with van der Waals surface area (Å²) in [7, 11) is 1.41.